The van der Waals surface area contributed by atoms with Gasteiger partial charge in [-0.25, -0.2) is 0 Å². The zero-order valence-corrected chi connectivity index (χ0v) is 20.2. The molecule has 4 rings (SSSR count). The number of allylic oxidation sites excluding steroid dienone is 1. The van der Waals surface area contributed by atoms with E-state index in [0.717, 1.165) is 32.4 Å². The third-order valence-corrected chi connectivity index (χ3v) is 6.65. The molecule has 1 aromatic heterocycles. The Morgan fingerprint density at radius 2 is 1.50 bits per heavy atom. The third-order valence-electron chi connectivity index (χ3n) is 5.64. The van der Waals surface area contributed by atoms with Crippen LogP contribution < -0.4 is 0 Å². The van der Waals surface area contributed by atoms with Crippen LogP contribution in [-0.4, -0.2) is 14.4 Å². The first-order valence-electron chi connectivity index (χ1n) is 10.8. The zero-order valence-electron chi connectivity index (χ0n) is 19.4. The Labute approximate surface area is 211 Å². The van der Waals surface area contributed by atoms with Crippen LogP contribution in [0.4, 0.5) is 11.4 Å². The second kappa shape index (κ2) is 10.3. The molecule has 0 saturated carbocycles. The summed E-state index contributed by atoms with van der Waals surface area (Å²) >= 11 is 1.51. The number of benzene rings is 3. The molecule has 0 unspecified atom stereocenters. The van der Waals surface area contributed by atoms with Crippen LogP contribution in [0.2, 0.25) is 0 Å². The van der Waals surface area contributed by atoms with Crippen molar-refractivity contribution in [3.8, 4) is 11.8 Å². The van der Waals surface area contributed by atoms with E-state index in [9.17, 15) is 25.5 Å². The van der Waals surface area contributed by atoms with Gasteiger partial charge >= 0.3 is 0 Å². The van der Waals surface area contributed by atoms with E-state index in [2.05, 4.69) is 10.6 Å². The number of hydrogen-bond acceptors (Lipinski definition) is 6. The van der Waals surface area contributed by atoms with Crippen molar-refractivity contribution in [1.82, 2.24) is 4.57 Å². The van der Waals surface area contributed by atoms with E-state index in [1.165, 1.54) is 36.0 Å². The predicted molar refractivity (Wildman–Crippen MR) is 139 cm³/mol. The molecular formula is C27H20N4O4S. The SMILES string of the molecule is Cc1cc(C=C(C#N)c2cccc([N+](=O)[O-])c2)c(C)n1-c1ccc(Sc2ccc([N+](=O)[O-])cc2)cc1. The van der Waals surface area contributed by atoms with Gasteiger partial charge in [-0.2, -0.15) is 5.26 Å². The summed E-state index contributed by atoms with van der Waals surface area (Å²) in [5, 5.41) is 31.7. The standard InChI is InChI=1S/C27H20N4O4S/c1-18-14-21(15-22(17-28)20-4-3-5-25(16-20)31(34)35)19(2)29(18)23-6-10-26(11-7-23)36-27-12-8-24(9-13-27)30(32)33/h3-16H,1-2H3. The number of non-ortho nitro benzene ring substituents is 2. The number of rotatable bonds is 7. The maximum absolute atomic E-state index is 11.1. The van der Waals surface area contributed by atoms with E-state index < -0.39 is 9.85 Å². The van der Waals surface area contributed by atoms with Gasteiger partial charge in [0.15, 0.2) is 0 Å². The molecule has 0 saturated heterocycles. The van der Waals surface area contributed by atoms with Gasteiger partial charge in [0, 0.05) is 51.1 Å². The van der Waals surface area contributed by atoms with Gasteiger partial charge < -0.3 is 4.57 Å². The molecular weight excluding hydrogens is 476 g/mol. The van der Waals surface area contributed by atoms with E-state index in [4.69, 9.17) is 0 Å². The lowest BCUT2D eigenvalue weighted by Gasteiger charge is -2.11. The summed E-state index contributed by atoms with van der Waals surface area (Å²) in [5.74, 6) is 0. The first kappa shape index (κ1) is 24.4. The van der Waals surface area contributed by atoms with Crippen molar-refractivity contribution >= 4 is 34.8 Å². The Bertz CT molecular complexity index is 1530. The quantitative estimate of drug-likeness (QED) is 0.153. The molecule has 0 aliphatic carbocycles. The van der Waals surface area contributed by atoms with Crippen molar-refractivity contribution < 1.29 is 9.85 Å². The second-order valence-corrected chi connectivity index (χ2v) is 9.13. The molecule has 0 amide bonds. The molecule has 0 aliphatic heterocycles. The van der Waals surface area contributed by atoms with Gasteiger partial charge in [0.2, 0.25) is 0 Å². The minimum atomic E-state index is -0.478. The summed E-state index contributed by atoms with van der Waals surface area (Å²) in [6.45, 7) is 3.93. The van der Waals surface area contributed by atoms with E-state index in [0.29, 0.717) is 11.1 Å². The lowest BCUT2D eigenvalue weighted by atomic mass is 10.0. The average Bonchev–Trinajstić information content (AvgIpc) is 3.15. The molecule has 0 radical (unpaired) electrons. The molecule has 0 atom stereocenters. The first-order chi connectivity index (χ1) is 17.3. The van der Waals surface area contributed by atoms with Gasteiger partial charge in [-0.3, -0.25) is 20.2 Å². The molecule has 4 aromatic rings. The Morgan fingerprint density at radius 3 is 2.08 bits per heavy atom. The van der Waals surface area contributed by atoms with Crippen LogP contribution in [0.3, 0.4) is 0 Å². The maximum atomic E-state index is 11.1. The Hall–Kier alpha value is -4.68. The van der Waals surface area contributed by atoms with Crippen molar-refractivity contribution in [2.24, 2.45) is 0 Å². The van der Waals surface area contributed by atoms with Gasteiger partial charge in [-0.1, -0.05) is 23.9 Å². The zero-order chi connectivity index (χ0) is 25.8. The number of nitriles is 1. The minimum Gasteiger partial charge on any atom is -0.318 e. The highest BCUT2D eigenvalue weighted by Crippen LogP contribution is 2.31. The fourth-order valence-corrected chi connectivity index (χ4v) is 4.71. The smallest absolute Gasteiger partial charge is 0.270 e. The normalized spacial score (nSPS) is 11.2. The highest BCUT2D eigenvalue weighted by atomic mass is 32.2. The van der Waals surface area contributed by atoms with Crippen molar-refractivity contribution in [2.75, 3.05) is 0 Å². The van der Waals surface area contributed by atoms with E-state index >= 15 is 0 Å². The fraction of sp³-hybridized carbons (Fsp3) is 0.0741. The summed E-state index contributed by atoms with van der Waals surface area (Å²) in [6, 6.07) is 24.6. The first-order valence-corrected chi connectivity index (χ1v) is 11.7. The number of nitro benzene ring substituents is 2. The lowest BCUT2D eigenvalue weighted by Crippen LogP contribution is -1.99. The summed E-state index contributed by atoms with van der Waals surface area (Å²) < 4.78 is 2.08. The van der Waals surface area contributed by atoms with Crippen molar-refractivity contribution in [3.05, 3.63) is 122 Å². The van der Waals surface area contributed by atoms with Gasteiger partial charge in [0.25, 0.3) is 11.4 Å². The van der Waals surface area contributed by atoms with E-state index in [1.54, 1.807) is 30.3 Å². The van der Waals surface area contributed by atoms with Gasteiger partial charge in [0.1, 0.15) is 0 Å². The predicted octanol–water partition coefficient (Wildman–Crippen LogP) is 7.13. The molecule has 9 heteroatoms. The molecule has 1 heterocycles. The van der Waals surface area contributed by atoms with E-state index in [-0.39, 0.29) is 11.4 Å². The molecule has 0 fully saturated rings. The van der Waals surface area contributed by atoms with Crippen molar-refractivity contribution in [1.29, 1.82) is 5.26 Å². The molecule has 36 heavy (non-hydrogen) atoms. The summed E-state index contributed by atoms with van der Waals surface area (Å²) in [6.07, 6.45) is 1.75. The number of nitro groups is 2. The maximum Gasteiger partial charge on any atom is 0.270 e. The molecule has 3 aromatic carbocycles. The number of aromatic nitrogens is 1. The summed E-state index contributed by atoms with van der Waals surface area (Å²) in [4.78, 5) is 23.0. The van der Waals surface area contributed by atoms with Crippen LogP contribution in [0.5, 0.6) is 0 Å². The number of hydrogen-bond donors (Lipinski definition) is 0. The largest absolute Gasteiger partial charge is 0.318 e. The number of aryl methyl sites for hydroxylation is 1. The van der Waals surface area contributed by atoms with Crippen LogP contribution in [0.15, 0.2) is 88.7 Å². The molecule has 0 spiro atoms. The minimum absolute atomic E-state index is 0.0585. The van der Waals surface area contributed by atoms with Crippen LogP contribution in [-0.2, 0) is 0 Å². The van der Waals surface area contributed by atoms with Gasteiger partial charge in [0.05, 0.1) is 21.5 Å². The third kappa shape index (κ3) is 5.19. The molecule has 8 nitrogen and oxygen atoms in total. The van der Waals surface area contributed by atoms with Crippen LogP contribution >= 0.6 is 11.8 Å². The molecule has 178 valence electrons. The monoisotopic (exact) mass is 496 g/mol. The molecule has 0 aliphatic rings. The summed E-state index contributed by atoms with van der Waals surface area (Å²) in [7, 11) is 0. The highest BCUT2D eigenvalue weighted by Gasteiger charge is 2.13. The second-order valence-electron chi connectivity index (χ2n) is 7.99. The van der Waals surface area contributed by atoms with Gasteiger partial charge in [-0.15, -0.1) is 0 Å². The van der Waals surface area contributed by atoms with E-state index in [1.807, 2.05) is 44.2 Å². The van der Waals surface area contributed by atoms with Gasteiger partial charge in [-0.05, 0) is 73.5 Å². The summed E-state index contributed by atoms with van der Waals surface area (Å²) in [5.41, 5.74) is 4.53. The average molecular weight is 497 g/mol. The highest BCUT2D eigenvalue weighted by molar-refractivity contribution is 7.99. The van der Waals surface area contributed by atoms with Crippen molar-refractivity contribution in [3.63, 3.8) is 0 Å². The van der Waals surface area contributed by atoms with Crippen LogP contribution in [0.25, 0.3) is 17.3 Å². The topological polar surface area (TPSA) is 115 Å². The Morgan fingerprint density at radius 1 is 0.889 bits per heavy atom. The Balaban J connectivity index is 1.60. The van der Waals surface area contributed by atoms with Crippen molar-refractivity contribution in [2.45, 2.75) is 23.6 Å². The number of nitrogens with zero attached hydrogens (tertiary/aromatic N) is 4. The fourth-order valence-electron chi connectivity index (χ4n) is 3.89. The van der Waals surface area contributed by atoms with Crippen LogP contribution in [0, 0.1) is 45.4 Å². The molecule has 0 N–H and O–H groups in total. The molecule has 0 bridgehead atoms. The van der Waals surface area contributed by atoms with Crippen LogP contribution in [0.1, 0.15) is 22.5 Å². The Kier molecular flexibility index (Phi) is 6.99. The lowest BCUT2D eigenvalue weighted by molar-refractivity contribution is -0.385.